The number of hydrogen-bond acceptors (Lipinski definition) is 3. The quantitative estimate of drug-likeness (QED) is 0.271. The van der Waals surface area contributed by atoms with E-state index in [1.165, 1.54) is 32.6 Å². The van der Waals surface area contributed by atoms with Crippen molar-refractivity contribution in [1.29, 1.82) is 0 Å². The van der Waals surface area contributed by atoms with E-state index < -0.39 is 0 Å². The highest BCUT2D eigenvalue weighted by Crippen LogP contribution is 2.41. The van der Waals surface area contributed by atoms with Crippen LogP contribution in [0.25, 0.3) is 16.5 Å². The molecular formula is C24H24ClNO2S. The SMILES string of the molecule is CCOC(=O)/C=C1\CCCn2c1c(Cc1ccc(Cl)cc1)c1c(SC)cccc12. The molecule has 0 saturated carbocycles. The molecule has 2 aromatic carbocycles. The lowest BCUT2D eigenvalue weighted by Gasteiger charge is -2.21. The van der Waals surface area contributed by atoms with Crippen molar-refractivity contribution < 1.29 is 9.53 Å². The van der Waals surface area contributed by atoms with Crippen LogP contribution in [0.2, 0.25) is 5.02 Å². The number of aromatic nitrogens is 1. The fraction of sp³-hybridized carbons (Fsp3) is 0.292. The fourth-order valence-electron chi connectivity index (χ4n) is 4.21. The Kier molecular flexibility index (Phi) is 6.02. The van der Waals surface area contributed by atoms with Gasteiger partial charge in [-0.25, -0.2) is 4.79 Å². The van der Waals surface area contributed by atoms with Gasteiger partial charge in [0, 0.05) is 45.6 Å². The fourth-order valence-corrected chi connectivity index (χ4v) is 4.98. The molecule has 0 radical (unpaired) electrons. The molecular weight excluding hydrogens is 402 g/mol. The summed E-state index contributed by atoms with van der Waals surface area (Å²) < 4.78 is 7.59. The molecule has 0 atom stereocenters. The van der Waals surface area contributed by atoms with Crippen LogP contribution in [0, 0.1) is 0 Å². The maximum absolute atomic E-state index is 12.2. The smallest absolute Gasteiger partial charge is 0.331 e. The van der Waals surface area contributed by atoms with E-state index in [1.807, 2.05) is 19.1 Å². The Morgan fingerprint density at radius 2 is 2.03 bits per heavy atom. The standard InChI is InChI=1S/C24H24ClNO2S/c1-3-28-22(27)15-17-6-5-13-26-20-7-4-8-21(29-2)23(20)19(24(17)26)14-16-9-11-18(25)12-10-16/h4,7-12,15H,3,5-6,13-14H2,1-2H3/b17-15+. The van der Waals surface area contributed by atoms with Crippen molar-refractivity contribution in [1.82, 2.24) is 4.57 Å². The number of ether oxygens (including phenoxy) is 1. The molecule has 29 heavy (non-hydrogen) atoms. The Labute approximate surface area is 180 Å². The molecule has 3 nitrogen and oxygen atoms in total. The average molecular weight is 426 g/mol. The van der Waals surface area contributed by atoms with Gasteiger partial charge in [0.15, 0.2) is 0 Å². The predicted octanol–water partition coefficient (Wildman–Crippen LogP) is 6.35. The van der Waals surface area contributed by atoms with E-state index in [9.17, 15) is 4.79 Å². The van der Waals surface area contributed by atoms with Gasteiger partial charge in [-0.2, -0.15) is 0 Å². The topological polar surface area (TPSA) is 31.2 Å². The van der Waals surface area contributed by atoms with Crippen LogP contribution < -0.4 is 0 Å². The number of rotatable bonds is 5. The van der Waals surface area contributed by atoms with Crippen LogP contribution in [-0.4, -0.2) is 23.4 Å². The molecule has 0 saturated heterocycles. The highest BCUT2D eigenvalue weighted by Gasteiger charge is 2.25. The zero-order valence-electron chi connectivity index (χ0n) is 16.7. The molecule has 0 N–H and O–H groups in total. The molecule has 3 aromatic rings. The molecule has 0 spiro atoms. The Morgan fingerprint density at radius 3 is 2.76 bits per heavy atom. The van der Waals surface area contributed by atoms with Crippen molar-refractivity contribution in [3.63, 3.8) is 0 Å². The Balaban J connectivity index is 1.94. The average Bonchev–Trinajstić information content (AvgIpc) is 3.05. The summed E-state index contributed by atoms with van der Waals surface area (Å²) >= 11 is 7.86. The van der Waals surface area contributed by atoms with Crippen molar-refractivity contribution in [2.45, 2.75) is 37.6 Å². The van der Waals surface area contributed by atoms with Crippen LogP contribution in [0.15, 0.2) is 53.4 Å². The summed E-state index contributed by atoms with van der Waals surface area (Å²) in [6.07, 6.45) is 6.52. The Bertz CT molecular complexity index is 1080. The number of allylic oxidation sites excluding steroid dienone is 1. The van der Waals surface area contributed by atoms with Gasteiger partial charge in [-0.05, 0) is 67.0 Å². The van der Waals surface area contributed by atoms with Crippen LogP contribution in [0.1, 0.15) is 36.6 Å². The van der Waals surface area contributed by atoms with E-state index in [2.05, 4.69) is 41.2 Å². The minimum atomic E-state index is -0.260. The molecule has 0 fully saturated rings. The number of carbonyl (C=O) groups is 1. The Hall–Kier alpha value is -2.17. The van der Waals surface area contributed by atoms with Crippen LogP contribution in [-0.2, 0) is 22.5 Å². The minimum absolute atomic E-state index is 0.260. The van der Waals surface area contributed by atoms with E-state index in [0.29, 0.717) is 6.61 Å². The number of thioether (sulfide) groups is 1. The second-order valence-corrected chi connectivity index (χ2v) is 8.45. The molecule has 150 valence electrons. The highest BCUT2D eigenvalue weighted by molar-refractivity contribution is 7.98. The minimum Gasteiger partial charge on any atom is -0.463 e. The highest BCUT2D eigenvalue weighted by atomic mass is 35.5. The van der Waals surface area contributed by atoms with Crippen LogP contribution in [0.3, 0.4) is 0 Å². The molecule has 0 amide bonds. The third-order valence-electron chi connectivity index (χ3n) is 5.38. The number of benzene rings is 2. The first kappa shape index (κ1) is 20.1. The van der Waals surface area contributed by atoms with E-state index in [-0.39, 0.29) is 5.97 Å². The van der Waals surface area contributed by atoms with Gasteiger partial charge in [0.2, 0.25) is 0 Å². The summed E-state index contributed by atoms with van der Waals surface area (Å²) in [5.74, 6) is -0.260. The molecule has 2 heterocycles. The normalized spacial score (nSPS) is 14.9. The van der Waals surface area contributed by atoms with Crippen molar-refractivity contribution in [2.75, 3.05) is 12.9 Å². The number of aryl methyl sites for hydroxylation is 1. The maximum atomic E-state index is 12.2. The molecule has 4 rings (SSSR count). The van der Waals surface area contributed by atoms with Crippen molar-refractivity contribution in [3.05, 3.63) is 70.4 Å². The molecule has 0 aliphatic carbocycles. The van der Waals surface area contributed by atoms with E-state index in [4.69, 9.17) is 16.3 Å². The molecule has 1 aliphatic rings. The summed E-state index contributed by atoms with van der Waals surface area (Å²) in [5.41, 5.74) is 5.98. The number of carbonyl (C=O) groups excluding carboxylic acids is 1. The van der Waals surface area contributed by atoms with Gasteiger partial charge in [-0.3, -0.25) is 0 Å². The van der Waals surface area contributed by atoms with Gasteiger partial charge >= 0.3 is 5.97 Å². The van der Waals surface area contributed by atoms with Crippen LogP contribution in [0.5, 0.6) is 0 Å². The van der Waals surface area contributed by atoms with Crippen molar-refractivity contribution >= 4 is 45.8 Å². The molecule has 0 unspecified atom stereocenters. The van der Waals surface area contributed by atoms with Gasteiger partial charge in [-0.15, -0.1) is 11.8 Å². The van der Waals surface area contributed by atoms with Crippen molar-refractivity contribution in [2.24, 2.45) is 0 Å². The summed E-state index contributed by atoms with van der Waals surface area (Å²) in [4.78, 5) is 13.5. The van der Waals surface area contributed by atoms with Gasteiger partial charge in [0.1, 0.15) is 0 Å². The number of nitrogens with zero attached hydrogens (tertiary/aromatic N) is 1. The van der Waals surface area contributed by atoms with E-state index in [1.54, 1.807) is 17.8 Å². The third kappa shape index (κ3) is 3.96. The monoisotopic (exact) mass is 425 g/mol. The zero-order valence-corrected chi connectivity index (χ0v) is 18.3. The van der Waals surface area contributed by atoms with E-state index >= 15 is 0 Å². The molecule has 1 aliphatic heterocycles. The lowest BCUT2D eigenvalue weighted by Crippen LogP contribution is -2.12. The number of halogens is 1. The van der Waals surface area contributed by atoms with Gasteiger partial charge in [0.05, 0.1) is 6.61 Å². The molecule has 0 bridgehead atoms. The summed E-state index contributed by atoms with van der Waals surface area (Å²) in [5, 5.41) is 2.03. The molecule has 1 aromatic heterocycles. The van der Waals surface area contributed by atoms with E-state index in [0.717, 1.165) is 36.4 Å². The summed E-state index contributed by atoms with van der Waals surface area (Å²) in [6, 6.07) is 14.5. The number of esters is 1. The Morgan fingerprint density at radius 1 is 1.24 bits per heavy atom. The first-order valence-corrected chi connectivity index (χ1v) is 11.5. The number of fused-ring (bicyclic) bond motifs is 3. The maximum Gasteiger partial charge on any atom is 0.331 e. The number of hydrogen-bond donors (Lipinski definition) is 0. The van der Waals surface area contributed by atoms with Crippen molar-refractivity contribution in [3.8, 4) is 0 Å². The largest absolute Gasteiger partial charge is 0.463 e. The summed E-state index contributed by atoms with van der Waals surface area (Å²) in [7, 11) is 0. The molecule has 5 heteroatoms. The first-order valence-electron chi connectivity index (χ1n) is 9.92. The van der Waals surface area contributed by atoms with Crippen LogP contribution >= 0.6 is 23.4 Å². The van der Waals surface area contributed by atoms with Crippen LogP contribution in [0.4, 0.5) is 0 Å². The van der Waals surface area contributed by atoms with Gasteiger partial charge in [0.25, 0.3) is 0 Å². The van der Waals surface area contributed by atoms with Gasteiger partial charge < -0.3 is 9.30 Å². The lowest BCUT2D eigenvalue weighted by atomic mass is 9.94. The third-order valence-corrected chi connectivity index (χ3v) is 6.41. The second-order valence-electron chi connectivity index (χ2n) is 7.16. The predicted molar refractivity (Wildman–Crippen MR) is 122 cm³/mol. The van der Waals surface area contributed by atoms with Gasteiger partial charge in [-0.1, -0.05) is 29.8 Å². The first-order chi connectivity index (χ1) is 14.1. The summed E-state index contributed by atoms with van der Waals surface area (Å²) in [6.45, 7) is 3.19. The second kappa shape index (κ2) is 8.68. The zero-order chi connectivity index (χ0) is 20.4. The lowest BCUT2D eigenvalue weighted by molar-refractivity contribution is -0.137.